The molecule has 7 heteroatoms. The summed E-state index contributed by atoms with van der Waals surface area (Å²) in [6.45, 7) is 3.73. The van der Waals surface area contributed by atoms with Gasteiger partial charge >= 0.3 is 5.97 Å². The Morgan fingerprint density at radius 1 is 1.28 bits per heavy atom. The predicted octanol–water partition coefficient (Wildman–Crippen LogP) is 1.89. The van der Waals surface area contributed by atoms with Crippen molar-refractivity contribution in [3.8, 4) is 0 Å². The molecule has 3 atom stereocenters. The molecule has 1 aromatic carbocycles. The molecular weight excluding hydrogens is 324 g/mol. The number of rotatable bonds is 8. The first-order valence-electron chi connectivity index (χ1n) is 8.18. The number of nitrogens with one attached hydrogen (secondary N) is 2. The highest BCUT2D eigenvalue weighted by atomic mass is 16.5. The minimum atomic E-state index is -1.02. The molecule has 0 spiro atoms. The van der Waals surface area contributed by atoms with Crippen molar-refractivity contribution >= 4 is 23.5 Å². The second-order valence-electron chi connectivity index (χ2n) is 6.90. The molecular formula is C18H24N2O5. The van der Waals surface area contributed by atoms with Crippen LogP contribution in [0.4, 0.5) is 5.69 Å². The number of carboxylic acid groups (broad SMARTS) is 1. The smallest absolute Gasteiger partial charge is 0.305 e. The minimum absolute atomic E-state index is 0.00108. The van der Waals surface area contributed by atoms with Gasteiger partial charge in [-0.1, -0.05) is 6.92 Å². The Bertz CT molecular complexity index is 658. The molecule has 25 heavy (non-hydrogen) atoms. The highest BCUT2D eigenvalue weighted by molar-refractivity contribution is 5.97. The molecule has 2 amide bonds. The van der Waals surface area contributed by atoms with E-state index in [1.807, 2.05) is 6.92 Å². The van der Waals surface area contributed by atoms with Crippen molar-refractivity contribution in [2.24, 2.45) is 11.8 Å². The molecule has 0 radical (unpaired) electrons. The first kappa shape index (κ1) is 18.9. The highest BCUT2D eigenvalue weighted by Crippen LogP contribution is 2.38. The van der Waals surface area contributed by atoms with Crippen LogP contribution in [-0.2, 0) is 14.3 Å². The molecule has 0 saturated heterocycles. The maximum Gasteiger partial charge on any atom is 0.305 e. The van der Waals surface area contributed by atoms with Crippen LogP contribution in [0.15, 0.2) is 24.3 Å². The van der Waals surface area contributed by atoms with Gasteiger partial charge in [-0.25, -0.2) is 0 Å². The fourth-order valence-electron chi connectivity index (χ4n) is 2.76. The lowest BCUT2D eigenvalue weighted by Gasteiger charge is -2.28. The van der Waals surface area contributed by atoms with Crippen LogP contribution in [0.3, 0.4) is 0 Å². The Hall–Kier alpha value is -2.41. The standard InChI is InChI=1S/C18H24N2O5/c1-11-8-14(11)17(24)19-13-6-4-12(5-7-13)16(23)20-18(2,10-25-3)9-15(21)22/h4-7,11,14H,8-10H2,1-3H3,(H,19,24)(H,20,23)(H,21,22). The van der Waals surface area contributed by atoms with E-state index in [-0.39, 0.29) is 24.9 Å². The molecule has 1 aromatic rings. The third-order valence-corrected chi connectivity index (χ3v) is 4.28. The molecule has 0 aromatic heterocycles. The number of hydrogen-bond acceptors (Lipinski definition) is 4. The van der Waals surface area contributed by atoms with Crippen LogP contribution < -0.4 is 10.6 Å². The van der Waals surface area contributed by atoms with Crippen LogP contribution in [0.1, 0.15) is 37.0 Å². The maximum absolute atomic E-state index is 12.4. The number of ether oxygens (including phenoxy) is 1. The SMILES string of the molecule is COCC(C)(CC(=O)O)NC(=O)c1ccc(NC(=O)C2CC2C)cc1. The van der Waals surface area contributed by atoms with Crippen molar-refractivity contribution in [1.82, 2.24) is 5.32 Å². The summed E-state index contributed by atoms with van der Waals surface area (Å²) in [5.74, 6) is -0.910. The van der Waals surface area contributed by atoms with Crippen molar-refractivity contribution in [2.45, 2.75) is 32.2 Å². The van der Waals surface area contributed by atoms with Crippen LogP contribution in [0.5, 0.6) is 0 Å². The third kappa shape index (κ3) is 5.29. The summed E-state index contributed by atoms with van der Waals surface area (Å²) >= 11 is 0. The molecule has 1 saturated carbocycles. The van der Waals surface area contributed by atoms with Gasteiger partial charge in [-0.3, -0.25) is 14.4 Å². The molecule has 0 aliphatic heterocycles. The van der Waals surface area contributed by atoms with Crippen molar-refractivity contribution in [3.05, 3.63) is 29.8 Å². The van der Waals surface area contributed by atoms with E-state index >= 15 is 0 Å². The van der Waals surface area contributed by atoms with Crippen LogP contribution >= 0.6 is 0 Å². The second kappa shape index (κ2) is 7.65. The number of methoxy groups -OCH3 is 1. The van der Waals surface area contributed by atoms with Crippen molar-refractivity contribution in [3.63, 3.8) is 0 Å². The van der Waals surface area contributed by atoms with E-state index in [1.165, 1.54) is 7.11 Å². The van der Waals surface area contributed by atoms with Gasteiger partial charge in [-0.15, -0.1) is 0 Å². The van der Waals surface area contributed by atoms with Gasteiger partial charge < -0.3 is 20.5 Å². The van der Waals surface area contributed by atoms with E-state index in [4.69, 9.17) is 9.84 Å². The zero-order valence-electron chi connectivity index (χ0n) is 14.7. The summed E-state index contributed by atoms with van der Waals surface area (Å²) in [6, 6.07) is 6.50. The summed E-state index contributed by atoms with van der Waals surface area (Å²) in [5, 5.41) is 14.5. The quantitative estimate of drug-likeness (QED) is 0.665. The number of benzene rings is 1. The summed E-state index contributed by atoms with van der Waals surface area (Å²) in [4.78, 5) is 35.3. The first-order valence-corrected chi connectivity index (χ1v) is 8.18. The number of carbonyl (C=O) groups is 3. The summed E-state index contributed by atoms with van der Waals surface area (Å²) in [6.07, 6.45) is 0.661. The number of amides is 2. The normalized spacial score (nSPS) is 21.1. The largest absolute Gasteiger partial charge is 0.481 e. The molecule has 3 unspecified atom stereocenters. The number of hydrogen-bond donors (Lipinski definition) is 3. The molecule has 0 bridgehead atoms. The topological polar surface area (TPSA) is 105 Å². The van der Waals surface area contributed by atoms with Gasteiger partial charge in [0.15, 0.2) is 0 Å². The van der Waals surface area contributed by atoms with Crippen molar-refractivity contribution < 1.29 is 24.2 Å². The molecule has 3 N–H and O–H groups in total. The monoisotopic (exact) mass is 348 g/mol. The fourth-order valence-corrected chi connectivity index (χ4v) is 2.76. The Morgan fingerprint density at radius 2 is 1.88 bits per heavy atom. The number of anilines is 1. The Morgan fingerprint density at radius 3 is 2.36 bits per heavy atom. The van der Waals surface area contributed by atoms with E-state index in [9.17, 15) is 14.4 Å². The zero-order valence-corrected chi connectivity index (χ0v) is 14.7. The Balaban J connectivity index is 1.99. The van der Waals surface area contributed by atoms with Crippen LogP contribution in [-0.4, -0.2) is 42.1 Å². The molecule has 0 heterocycles. The molecule has 1 aliphatic rings. The molecule has 1 aliphatic carbocycles. The third-order valence-electron chi connectivity index (χ3n) is 4.28. The van der Waals surface area contributed by atoms with E-state index < -0.39 is 17.4 Å². The van der Waals surface area contributed by atoms with Gasteiger partial charge in [0.1, 0.15) is 0 Å². The molecule has 136 valence electrons. The average Bonchev–Trinajstić information content (AvgIpc) is 3.24. The fraction of sp³-hybridized carbons (Fsp3) is 0.500. The van der Waals surface area contributed by atoms with Crippen molar-refractivity contribution in [1.29, 1.82) is 0 Å². The summed E-state index contributed by atoms with van der Waals surface area (Å²) in [7, 11) is 1.45. The minimum Gasteiger partial charge on any atom is -0.481 e. The Labute approximate surface area is 146 Å². The molecule has 7 nitrogen and oxygen atoms in total. The number of carbonyl (C=O) groups excluding carboxylic acids is 2. The van der Waals surface area contributed by atoms with Gasteiger partial charge in [0.05, 0.1) is 18.6 Å². The van der Waals surface area contributed by atoms with Crippen LogP contribution in [0.2, 0.25) is 0 Å². The van der Waals surface area contributed by atoms with Gasteiger partial charge in [-0.2, -0.15) is 0 Å². The summed E-state index contributed by atoms with van der Waals surface area (Å²) in [5.41, 5.74) is 0.00323. The van der Waals surface area contributed by atoms with Crippen molar-refractivity contribution in [2.75, 3.05) is 19.0 Å². The number of carboxylic acids is 1. The molecule has 2 rings (SSSR count). The predicted molar refractivity (Wildman–Crippen MR) is 92.3 cm³/mol. The number of aliphatic carboxylic acids is 1. The van der Waals surface area contributed by atoms with Gasteiger partial charge in [0, 0.05) is 24.3 Å². The zero-order chi connectivity index (χ0) is 18.6. The lowest BCUT2D eigenvalue weighted by Crippen LogP contribution is -2.50. The van der Waals surface area contributed by atoms with Gasteiger partial charge in [0.2, 0.25) is 5.91 Å². The maximum atomic E-state index is 12.4. The van der Waals surface area contributed by atoms with E-state index in [0.717, 1.165) is 6.42 Å². The van der Waals surface area contributed by atoms with Gasteiger partial charge in [-0.05, 0) is 43.5 Å². The van der Waals surface area contributed by atoms with E-state index in [2.05, 4.69) is 10.6 Å². The first-order chi connectivity index (χ1) is 11.7. The highest BCUT2D eigenvalue weighted by Gasteiger charge is 2.39. The Kier molecular flexibility index (Phi) is 5.79. The average molecular weight is 348 g/mol. The lowest BCUT2D eigenvalue weighted by molar-refractivity contribution is -0.139. The van der Waals surface area contributed by atoms with Crippen LogP contribution in [0.25, 0.3) is 0 Å². The van der Waals surface area contributed by atoms with E-state index in [1.54, 1.807) is 31.2 Å². The molecule has 1 fully saturated rings. The summed E-state index contributed by atoms with van der Waals surface area (Å²) < 4.78 is 5.02. The second-order valence-corrected chi connectivity index (χ2v) is 6.90. The lowest BCUT2D eigenvalue weighted by atomic mass is 9.98. The van der Waals surface area contributed by atoms with Crippen LogP contribution in [0, 0.1) is 11.8 Å². The van der Waals surface area contributed by atoms with E-state index in [0.29, 0.717) is 17.2 Å². The van der Waals surface area contributed by atoms with Gasteiger partial charge in [0.25, 0.3) is 5.91 Å².